The third-order valence-electron chi connectivity index (χ3n) is 4.42. The summed E-state index contributed by atoms with van der Waals surface area (Å²) in [6.07, 6.45) is -5.67. The first kappa shape index (κ1) is 21.6. The van der Waals surface area contributed by atoms with Crippen LogP contribution in [0.4, 0.5) is 0 Å². The van der Waals surface area contributed by atoms with Crippen molar-refractivity contribution in [3.63, 3.8) is 0 Å². The number of esters is 1. The smallest absolute Gasteiger partial charge is 0.338 e. The van der Waals surface area contributed by atoms with Crippen LogP contribution in [0.1, 0.15) is 10.4 Å². The summed E-state index contributed by atoms with van der Waals surface area (Å²) in [5.74, 6) is -1.20. The molecular formula is C19H20O11. The van der Waals surface area contributed by atoms with Crippen molar-refractivity contribution in [3.05, 3.63) is 52.6 Å². The first-order valence-electron chi connectivity index (χ1n) is 8.78. The van der Waals surface area contributed by atoms with Crippen LogP contribution in [0.5, 0.6) is 17.2 Å². The van der Waals surface area contributed by atoms with Crippen LogP contribution >= 0.6 is 0 Å². The number of methoxy groups -OCH3 is 1. The predicted molar refractivity (Wildman–Crippen MR) is 97.2 cm³/mol. The second-order valence-electron chi connectivity index (χ2n) is 6.40. The molecule has 11 heteroatoms. The SMILES string of the molecule is COc1cc(C(=O)OCC2OC(Oc3coccc3=O)C(O)C(O)C2O)ccc1O. The van der Waals surface area contributed by atoms with Crippen molar-refractivity contribution < 1.29 is 48.6 Å². The van der Waals surface area contributed by atoms with Crippen molar-refractivity contribution >= 4 is 5.97 Å². The molecule has 0 radical (unpaired) electrons. The van der Waals surface area contributed by atoms with Gasteiger partial charge in [-0.3, -0.25) is 4.79 Å². The largest absolute Gasteiger partial charge is 0.504 e. The third-order valence-corrected chi connectivity index (χ3v) is 4.42. The highest BCUT2D eigenvalue weighted by atomic mass is 16.7. The molecule has 1 fully saturated rings. The van der Waals surface area contributed by atoms with Crippen LogP contribution in [-0.4, -0.2) is 70.8 Å². The summed E-state index contributed by atoms with van der Waals surface area (Å²) in [5, 5.41) is 39.9. The molecule has 5 atom stereocenters. The van der Waals surface area contributed by atoms with E-state index in [2.05, 4.69) is 0 Å². The van der Waals surface area contributed by atoms with Gasteiger partial charge < -0.3 is 43.8 Å². The van der Waals surface area contributed by atoms with Crippen LogP contribution in [0.15, 0.2) is 46.0 Å². The number of aromatic hydroxyl groups is 1. The highest BCUT2D eigenvalue weighted by molar-refractivity contribution is 5.90. The quantitative estimate of drug-likeness (QED) is 0.437. The Bertz CT molecular complexity index is 940. The summed E-state index contributed by atoms with van der Waals surface area (Å²) in [4.78, 5) is 24.0. The Morgan fingerprint density at radius 3 is 2.57 bits per heavy atom. The topological polar surface area (TPSA) is 165 Å². The van der Waals surface area contributed by atoms with Crippen LogP contribution in [0, 0.1) is 0 Å². The lowest BCUT2D eigenvalue weighted by Crippen LogP contribution is -2.60. The normalized spacial score (nSPS) is 26.1. The molecule has 1 aliphatic heterocycles. The molecule has 162 valence electrons. The lowest BCUT2D eigenvalue weighted by molar-refractivity contribution is -0.277. The van der Waals surface area contributed by atoms with Crippen molar-refractivity contribution in [1.29, 1.82) is 0 Å². The predicted octanol–water partition coefficient (Wildman–Crippen LogP) is -0.603. The molecule has 3 rings (SSSR count). The van der Waals surface area contributed by atoms with Crippen molar-refractivity contribution in [3.8, 4) is 17.2 Å². The minimum absolute atomic E-state index is 0.0604. The third kappa shape index (κ3) is 4.54. The Morgan fingerprint density at radius 2 is 1.87 bits per heavy atom. The lowest BCUT2D eigenvalue weighted by atomic mass is 9.99. The van der Waals surface area contributed by atoms with Gasteiger partial charge in [-0.15, -0.1) is 0 Å². The fourth-order valence-electron chi connectivity index (χ4n) is 2.75. The highest BCUT2D eigenvalue weighted by Crippen LogP contribution is 2.27. The number of phenolic OH excluding ortho intramolecular Hbond substituents is 1. The van der Waals surface area contributed by atoms with Gasteiger partial charge in [-0.25, -0.2) is 4.79 Å². The van der Waals surface area contributed by atoms with E-state index in [1.165, 1.54) is 25.3 Å². The molecule has 0 bridgehead atoms. The monoisotopic (exact) mass is 424 g/mol. The average molecular weight is 424 g/mol. The fourth-order valence-corrected chi connectivity index (χ4v) is 2.75. The van der Waals surface area contributed by atoms with Crippen molar-refractivity contribution in [2.75, 3.05) is 13.7 Å². The summed E-state index contributed by atoms with van der Waals surface area (Å²) in [6, 6.07) is 4.89. The number of phenols is 1. The summed E-state index contributed by atoms with van der Waals surface area (Å²) in [7, 11) is 1.32. The molecule has 11 nitrogen and oxygen atoms in total. The molecule has 1 aromatic carbocycles. The lowest BCUT2D eigenvalue weighted by Gasteiger charge is -2.39. The van der Waals surface area contributed by atoms with Gasteiger partial charge in [-0.2, -0.15) is 0 Å². The number of rotatable bonds is 6. The molecule has 1 aromatic heterocycles. The zero-order chi connectivity index (χ0) is 21.8. The summed E-state index contributed by atoms with van der Waals surface area (Å²) in [5.41, 5.74) is -0.493. The average Bonchev–Trinajstić information content (AvgIpc) is 2.74. The Kier molecular flexibility index (Phi) is 6.57. The number of hydrogen-bond acceptors (Lipinski definition) is 11. The number of aliphatic hydroxyl groups is 3. The first-order valence-corrected chi connectivity index (χ1v) is 8.78. The van der Waals surface area contributed by atoms with E-state index >= 15 is 0 Å². The van der Waals surface area contributed by atoms with Crippen LogP contribution in [-0.2, 0) is 9.47 Å². The van der Waals surface area contributed by atoms with E-state index in [-0.39, 0.29) is 22.8 Å². The first-order chi connectivity index (χ1) is 14.3. The molecule has 1 aliphatic rings. The number of hydrogen-bond donors (Lipinski definition) is 4. The number of aliphatic hydroxyl groups excluding tert-OH is 3. The summed E-state index contributed by atoms with van der Waals surface area (Å²) >= 11 is 0. The zero-order valence-electron chi connectivity index (χ0n) is 15.7. The molecule has 5 unspecified atom stereocenters. The second kappa shape index (κ2) is 9.13. The van der Waals surface area contributed by atoms with Crippen LogP contribution in [0.3, 0.4) is 0 Å². The number of benzene rings is 1. The maximum absolute atomic E-state index is 12.2. The van der Waals surface area contributed by atoms with Gasteiger partial charge >= 0.3 is 5.97 Å². The maximum atomic E-state index is 12.2. The summed E-state index contributed by atoms with van der Waals surface area (Å²) in [6.45, 7) is -0.504. The van der Waals surface area contributed by atoms with Gasteiger partial charge in [0.05, 0.1) is 18.9 Å². The van der Waals surface area contributed by atoms with Crippen LogP contribution in [0.2, 0.25) is 0 Å². The number of carbonyl (C=O) groups is 1. The van der Waals surface area contributed by atoms with Gasteiger partial charge in [0.15, 0.2) is 11.5 Å². The van der Waals surface area contributed by atoms with Gasteiger partial charge in [0.2, 0.25) is 17.5 Å². The molecule has 1 saturated heterocycles. The van der Waals surface area contributed by atoms with E-state index in [0.29, 0.717) is 0 Å². The van der Waals surface area contributed by atoms with Gasteiger partial charge in [0, 0.05) is 6.07 Å². The molecule has 0 amide bonds. The van der Waals surface area contributed by atoms with Crippen molar-refractivity contribution in [2.24, 2.45) is 0 Å². The minimum Gasteiger partial charge on any atom is -0.504 e. The molecule has 30 heavy (non-hydrogen) atoms. The van der Waals surface area contributed by atoms with Gasteiger partial charge in [0.1, 0.15) is 37.3 Å². The van der Waals surface area contributed by atoms with E-state index in [9.17, 15) is 30.0 Å². The molecule has 4 N–H and O–H groups in total. The van der Waals surface area contributed by atoms with E-state index in [0.717, 1.165) is 18.6 Å². The van der Waals surface area contributed by atoms with Gasteiger partial charge in [0.25, 0.3) is 0 Å². The van der Waals surface area contributed by atoms with E-state index in [1.54, 1.807) is 0 Å². The van der Waals surface area contributed by atoms with Crippen LogP contribution in [0.25, 0.3) is 0 Å². The van der Waals surface area contributed by atoms with E-state index in [1.807, 2.05) is 0 Å². The number of ether oxygens (including phenoxy) is 4. The molecule has 2 heterocycles. The number of carbonyl (C=O) groups excluding carboxylic acids is 1. The minimum atomic E-state index is -1.70. The fraction of sp³-hybridized carbons (Fsp3) is 0.368. The Hall–Kier alpha value is -3.12. The van der Waals surface area contributed by atoms with Crippen molar-refractivity contribution in [2.45, 2.75) is 30.7 Å². The molecule has 0 spiro atoms. The zero-order valence-corrected chi connectivity index (χ0v) is 15.7. The Labute approximate surface area is 169 Å². The maximum Gasteiger partial charge on any atom is 0.338 e. The summed E-state index contributed by atoms with van der Waals surface area (Å²) < 4.78 is 25.5. The van der Waals surface area contributed by atoms with E-state index in [4.69, 9.17) is 23.4 Å². The van der Waals surface area contributed by atoms with Gasteiger partial charge in [-0.1, -0.05) is 0 Å². The van der Waals surface area contributed by atoms with Crippen molar-refractivity contribution in [1.82, 2.24) is 0 Å². The second-order valence-corrected chi connectivity index (χ2v) is 6.40. The Balaban J connectivity index is 1.68. The highest BCUT2D eigenvalue weighted by Gasteiger charge is 2.45. The molecule has 0 saturated carbocycles. The molecule has 0 aliphatic carbocycles. The molecular weight excluding hydrogens is 404 g/mol. The van der Waals surface area contributed by atoms with E-state index < -0.39 is 48.7 Å². The standard InChI is InChI=1S/C19H20O11/c1-26-12-6-9(2-3-10(12)20)18(25)28-8-14-15(22)16(23)17(24)19(30-14)29-13-7-27-5-4-11(13)21/h2-7,14-17,19-20,22-24H,8H2,1H3. The van der Waals surface area contributed by atoms with Crippen LogP contribution < -0.4 is 14.9 Å². The molecule has 2 aromatic rings. The Morgan fingerprint density at radius 1 is 1.10 bits per heavy atom. The van der Waals surface area contributed by atoms with Gasteiger partial charge in [-0.05, 0) is 18.2 Å².